The summed E-state index contributed by atoms with van der Waals surface area (Å²) >= 11 is 13.0. The zero-order valence-electron chi connectivity index (χ0n) is 21.2. The summed E-state index contributed by atoms with van der Waals surface area (Å²) in [6, 6.07) is 13.6. The molecule has 3 rings (SSSR count). The van der Waals surface area contributed by atoms with Crippen LogP contribution in [-0.4, -0.2) is 37.8 Å². The maximum absolute atomic E-state index is 12.6. The summed E-state index contributed by atoms with van der Waals surface area (Å²) < 4.78 is 18.0. The summed E-state index contributed by atoms with van der Waals surface area (Å²) in [5, 5.41) is 7.35. The predicted molar refractivity (Wildman–Crippen MR) is 161 cm³/mol. The van der Waals surface area contributed by atoms with Gasteiger partial charge in [0.25, 0.3) is 11.8 Å². The lowest BCUT2D eigenvalue weighted by Crippen LogP contribution is -2.20. The Morgan fingerprint density at radius 3 is 2.44 bits per heavy atom. The van der Waals surface area contributed by atoms with Crippen LogP contribution in [-0.2, 0) is 4.79 Å². The van der Waals surface area contributed by atoms with Crippen molar-refractivity contribution in [3.8, 4) is 17.2 Å². The number of benzene rings is 3. The number of ether oxygens (including phenoxy) is 3. The SMILES string of the molecule is C=CCOc1ccc(C(=O)N/N=C/c2cc(Br)c(OCC(=O)Nc3ccc(C)c(Cl)c3)c(Br)c2)cc1OCC. The Hall–Kier alpha value is -3.34. The van der Waals surface area contributed by atoms with Crippen LogP contribution in [0.4, 0.5) is 5.69 Å². The number of hydrazone groups is 1. The van der Waals surface area contributed by atoms with Gasteiger partial charge in [0.1, 0.15) is 12.4 Å². The smallest absolute Gasteiger partial charge is 0.271 e. The monoisotopic (exact) mass is 677 g/mol. The van der Waals surface area contributed by atoms with E-state index in [1.54, 1.807) is 48.5 Å². The van der Waals surface area contributed by atoms with E-state index in [2.05, 4.69) is 54.3 Å². The van der Waals surface area contributed by atoms with E-state index in [1.807, 2.05) is 19.9 Å². The minimum Gasteiger partial charge on any atom is -0.490 e. The van der Waals surface area contributed by atoms with Crippen LogP contribution in [0.2, 0.25) is 5.02 Å². The van der Waals surface area contributed by atoms with Gasteiger partial charge in [0.2, 0.25) is 0 Å². The number of rotatable bonds is 12. The fourth-order valence-corrected chi connectivity index (χ4v) is 4.84. The number of aryl methyl sites for hydroxylation is 1. The fourth-order valence-electron chi connectivity index (χ4n) is 3.21. The van der Waals surface area contributed by atoms with Crippen LogP contribution in [0.1, 0.15) is 28.4 Å². The van der Waals surface area contributed by atoms with Gasteiger partial charge < -0.3 is 19.5 Å². The van der Waals surface area contributed by atoms with Crippen LogP contribution >= 0.6 is 43.5 Å². The zero-order valence-corrected chi connectivity index (χ0v) is 25.2. The highest BCUT2D eigenvalue weighted by molar-refractivity contribution is 9.11. The van der Waals surface area contributed by atoms with E-state index in [0.717, 1.165) is 5.56 Å². The second-order valence-electron chi connectivity index (χ2n) is 8.01. The largest absolute Gasteiger partial charge is 0.490 e. The first-order chi connectivity index (χ1) is 18.7. The van der Waals surface area contributed by atoms with Gasteiger partial charge in [0.15, 0.2) is 18.1 Å². The fraction of sp³-hybridized carbons (Fsp3) is 0.179. The van der Waals surface area contributed by atoms with Crippen LogP contribution in [0.15, 0.2) is 75.2 Å². The molecule has 2 amide bonds. The van der Waals surface area contributed by atoms with Crippen molar-refractivity contribution in [1.29, 1.82) is 0 Å². The van der Waals surface area contributed by atoms with Crippen molar-refractivity contribution in [3.05, 3.63) is 91.8 Å². The van der Waals surface area contributed by atoms with Crippen LogP contribution in [0.3, 0.4) is 0 Å². The van der Waals surface area contributed by atoms with E-state index >= 15 is 0 Å². The Morgan fingerprint density at radius 1 is 1.03 bits per heavy atom. The third-order valence-electron chi connectivity index (χ3n) is 5.07. The van der Waals surface area contributed by atoms with Gasteiger partial charge in [-0.05, 0) is 99.3 Å². The Labute approximate surface area is 248 Å². The number of nitrogens with zero attached hydrogens (tertiary/aromatic N) is 1. The molecule has 0 unspecified atom stereocenters. The van der Waals surface area contributed by atoms with E-state index < -0.39 is 5.91 Å². The molecule has 0 aromatic heterocycles. The summed E-state index contributed by atoms with van der Waals surface area (Å²) in [5.41, 5.74) is 5.03. The van der Waals surface area contributed by atoms with E-state index in [1.165, 1.54) is 6.21 Å². The first-order valence-electron chi connectivity index (χ1n) is 11.7. The minimum atomic E-state index is -0.415. The van der Waals surface area contributed by atoms with Crippen molar-refractivity contribution in [2.75, 3.05) is 25.1 Å². The van der Waals surface area contributed by atoms with Crippen LogP contribution in [0, 0.1) is 6.92 Å². The quantitative estimate of drug-likeness (QED) is 0.123. The third kappa shape index (κ3) is 8.84. The molecule has 0 aliphatic heterocycles. The molecule has 0 saturated carbocycles. The Balaban J connectivity index is 1.60. The molecule has 3 aromatic rings. The standard InChI is InChI=1S/C28H26Br2ClN3O5/c1-4-10-38-24-9-7-19(13-25(24)37-5-2)28(36)34-32-15-18-11-21(29)27(22(30)12-18)39-16-26(35)33-20-8-6-17(3)23(31)14-20/h4,6-9,11-15H,1,5,10,16H2,2-3H3,(H,33,35)(H,34,36)/b32-15+. The molecule has 0 saturated heterocycles. The normalized spacial score (nSPS) is 10.7. The van der Waals surface area contributed by atoms with E-state index in [0.29, 0.717) is 61.2 Å². The van der Waals surface area contributed by atoms with E-state index in [-0.39, 0.29) is 12.5 Å². The van der Waals surface area contributed by atoms with Gasteiger partial charge in [0, 0.05) is 16.3 Å². The van der Waals surface area contributed by atoms with Gasteiger partial charge in [-0.25, -0.2) is 5.43 Å². The molecule has 11 heteroatoms. The van der Waals surface area contributed by atoms with Crippen molar-refractivity contribution in [1.82, 2.24) is 5.43 Å². The first kappa shape index (κ1) is 30.2. The molecular formula is C28H26Br2ClN3O5. The summed E-state index contributed by atoms with van der Waals surface area (Å²) in [6.45, 7) is 7.88. The van der Waals surface area contributed by atoms with Crippen molar-refractivity contribution >= 4 is 67.2 Å². The van der Waals surface area contributed by atoms with Gasteiger partial charge in [-0.15, -0.1) is 0 Å². The number of carbonyl (C=O) groups is 2. The van der Waals surface area contributed by atoms with Gasteiger partial charge in [-0.1, -0.05) is 30.3 Å². The molecule has 39 heavy (non-hydrogen) atoms. The molecule has 8 nitrogen and oxygen atoms in total. The lowest BCUT2D eigenvalue weighted by atomic mass is 10.2. The lowest BCUT2D eigenvalue weighted by Gasteiger charge is -2.12. The molecule has 0 bridgehead atoms. The van der Waals surface area contributed by atoms with Crippen molar-refractivity contribution < 1.29 is 23.8 Å². The third-order valence-corrected chi connectivity index (χ3v) is 6.65. The molecular weight excluding hydrogens is 654 g/mol. The number of halogens is 3. The number of amides is 2. The highest BCUT2D eigenvalue weighted by Crippen LogP contribution is 2.34. The van der Waals surface area contributed by atoms with Gasteiger partial charge in [-0.3, -0.25) is 9.59 Å². The molecule has 204 valence electrons. The summed E-state index contributed by atoms with van der Waals surface area (Å²) in [5.74, 6) is 0.661. The molecule has 0 spiro atoms. The topological polar surface area (TPSA) is 98.3 Å². The van der Waals surface area contributed by atoms with Crippen LogP contribution < -0.4 is 25.0 Å². The van der Waals surface area contributed by atoms with Crippen molar-refractivity contribution in [2.45, 2.75) is 13.8 Å². The molecule has 0 heterocycles. The maximum atomic E-state index is 12.6. The van der Waals surface area contributed by atoms with Crippen LogP contribution in [0.25, 0.3) is 0 Å². The number of hydrogen-bond acceptors (Lipinski definition) is 6. The number of carbonyl (C=O) groups excluding carboxylic acids is 2. The predicted octanol–water partition coefficient (Wildman–Crippen LogP) is 6.92. The molecule has 0 radical (unpaired) electrons. The summed E-state index contributed by atoms with van der Waals surface area (Å²) in [7, 11) is 0. The number of anilines is 1. The maximum Gasteiger partial charge on any atom is 0.271 e. The first-order valence-corrected chi connectivity index (χ1v) is 13.7. The van der Waals surface area contributed by atoms with Gasteiger partial charge >= 0.3 is 0 Å². The average molecular weight is 680 g/mol. The second kappa shape index (κ2) is 14.7. The Kier molecular flexibility index (Phi) is 11.4. The van der Waals surface area contributed by atoms with Crippen LogP contribution in [0.5, 0.6) is 17.2 Å². The lowest BCUT2D eigenvalue weighted by molar-refractivity contribution is -0.118. The van der Waals surface area contributed by atoms with Crippen molar-refractivity contribution in [2.24, 2.45) is 5.10 Å². The summed E-state index contributed by atoms with van der Waals surface area (Å²) in [4.78, 5) is 24.9. The Bertz CT molecular complexity index is 1370. The van der Waals surface area contributed by atoms with E-state index in [9.17, 15) is 9.59 Å². The zero-order chi connectivity index (χ0) is 28.4. The number of nitrogens with one attached hydrogen (secondary N) is 2. The number of hydrogen-bond donors (Lipinski definition) is 2. The highest BCUT2D eigenvalue weighted by Gasteiger charge is 2.13. The van der Waals surface area contributed by atoms with Gasteiger partial charge in [0.05, 0.1) is 21.8 Å². The highest BCUT2D eigenvalue weighted by atomic mass is 79.9. The molecule has 3 aromatic carbocycles. The molecule has 2 N–H and O–H groups in total. The second-order valence-corrected chi connectivity index (χ2v) is 10.1. The van der Waals surface area contributed by atoms with E-state index in [4.69, 9.17) is 25.8 Å². The Morgan fingerprint density at radius 2 is 1.77 bits per heavy atom. The van der Waals surface area contributed by atoms with Gasteiger partial charge in [-0.2, -0.15) is 5.10 Å². The molecule has 0 fully saturated rings. The molecule has 0 aliphatic carbocycles. The molecule has 0 aliphatic rings. The average Bonchev–Trinajstić information content (AvgIpc) is 2.89. The minimum absolute atomic E-state index is 0.215. The summed E-state index contributed by atoms with van der Waals surface area (Å²) in [6.07, 6.45) is 3.11. The molecule has 0 atom stereocenters. The van der Waals surface area contributed by atoms with Crippen molar-refractivity contribution in [3.63, 3.8) is 0 Å².